The Morgan fingerprint density at radius 1 is 1.33 bits per heavy atom. The van der Waals surface area contributed by atoms with Crippen LogP contribution in [0.15, 0.2) is 35.7 Å². The van der Waals surface area contributed by atoms with Crippen molar-refractivity contribution in [2.24, 2.45) is 0 Å². The molecule has 0 bridgehead atoms. The highest BCUT2D eigenvalue weighted by Crippen LogP contribution is 2.21. The number of hydrogen-bond donors (Lipinski definition) is 1. The molecule has 5 nitrogen and oxygen atoms in total. The molecule has 18 heavy (non-hydrogen) atoms. The number of pyridine rings is 1. The van der Waals surface area contributed by atoms with Crippen molar-refractivity contribution in [1.82, 2.24) is 15.0 Å². The number of nitrogens with zero attached hydrogens (tertiary/aromatic N) is 4. The molecule has 0 fully saturated rings. The van der Waals surface area contributed by atoms with Crippen molar-refractivity contribution in [1.29, 1.82) is 5.26 Å². The Labute approximate surface area is 109 Å². The fraction of sp³-hybridized carbons (Fsp3) is 0.167. The number of anilines is 1. The molecular weight excluding hydrogens is 246 g/mol. The van der Waals surface area contributed by atoms with E-state index >= 15 is 0 Å². The maximum absolute atomic E-state index is 9.13. The van der Waals surface area contributed by atoms with Gasteiger partial charge in [0.2, 0.25) is 0 Å². The van der Waals surface area contributed by atoms with Gasteiger partial charge in [0.1, 0.15) is 28.8 Å². The average Bonchev–Trinajstić information content (AvgIpc) is 2.45. The second kappa shape index (κ2) is 5.98. The molecule has 0 saturated heterocycles. The summed E-state index contributed by atoms with van der Waals surface area (Å²) in [5.74, 6) is 0.544. The summed E-state index contributed by atoms with van der Waals surface area (Å²) in [4.78, 5) is 12.3. The number of aromatic nitrogens is 3. The molecule has 1 N–H and O–H groups in total. The molecule has 90 valence electrons. The lowest BCUT2D eigenvalue weighted by atomic mass is 10.3. The summed E-state index contributed by atoms with van der Waals surface area (Å²) in [5, 5.41) is 12.9. The normalized spacial score (nSPS) is 9.78. The van der Waals surface area contributed by atoms with Crippen LogP contribution in [-0.2, 0) is 6.54 Å². The number of nitriles is 1. The van der Waals surface area contributed by atoms with Crippen LogP contribution in [0.1, 0.15) is 11.3 Å². The Bertz CT molecular complexity index is 564. The van der Waals surface area contributed by atoms with Gasteiger partial charge in [-0.3, -0.25) is 4.98 Å². The third-order valence-electron chi connectivity index (χ3n) is 2.28. The molecule has 0 unspecified atom stereocenters. The second-order valence-electron chi connectivity index (χ2n) is 3.39. The Kier molecular flexibility index (Phi) is 4.10. The van der Waals surface area contributed by atoms with E-state index in [1.165, 1.54) is 18.1 Å². The van der Waals surface area contributed by atoms with Gasteiger partial charge in [0.05, 0.1) is 12.2 Å². The third-order valence-corrected chi connectivity index (χ3v) is 2.98. The fourth-order valence-corrected chi connectivity index (χ4v) is 1.93. The molecule has 0 spiro atoms. The van der Waals surface area contributed by atoms with E-state index in [1.54, 1.807) is 6.20 Å². The lowest BCUT2D eigenvalue weighted by Crippen LogP contribution is -2.06. The minimum Gasteiger partial charge on any atom is -0.363 e. The SMILES string of the molecule is CSc1ncnc(NCc2ccccn2)c1C#N. The van der Waals surface area contributed by atoms with Crippen molar-refractivity contribution in [3.05, 3.63) is 42.0 Å². The van der Waals surface area contributed by atoms with E-state index in [1.807, 2.05) is 24.5 Å². The summed E-state index contributed by atoms with van der Waals surface area (Å²) in [6.07, 6.45) is 5.06. The molecule has 0 atom stereocenters. The molecule has 6 heteroatoms. The smallest absolute Gasteiger partial charge is 0.148 e. The van der Waals surface area contributed by atoms with Gasteiger partial charge < -0.3 is 5.32 Å². The van der Waals surface area contributed by atoms with E-state index in [-0.39, 0.29) is 0 Å². The minimum atomic E-state index is 0.473. The molecule has 2 rings (SSSR count). The Balaban J connectivity index is 2.17. The van der Waals surface area contributed by atoms with E-state index in [0.29, 0.717) is 23.0 Å². The van der Waals surface area contributed by atoms with E-state index in [9.17, 15) is 0 Å². The molecule has 2 aromatic heterocycles. The summed E-state index contributed by atoms with van der Waals surface area (Å²) >= 11 is 1.43. The molecule has 0 aliphatic heterocycles. The lowest BCUT2D eigenvalue weighted by molar-refractivity contribution is 0.983. The van der Waals surface area contributed by atoms with Crippen molar-refractivity contribution in [2.75, 3.05) is 11.6 Å². The van der Waals surface area contributed by atoms with Crippen LogP contribution in [0, 0.1) is 11.3 Å². The van der Waals surface area contributed by atoms with Crippen LogP contribution in [0.3, 0.4) is 0 Å². The van der Waals surface area contributed by atoms with E-state index < -0.39 is 0 Å². The Hall–Kier alpha value is -2.13. The molecule has 0 radical (unpaired) electrons. The first-order chi connectivity index (χ1) is 8.85. The quantitative estimate of drug-likeness (QED) is 0.667. The first-order valence-corrected chi connectivity index (χ1v) is 6.50. The maximum atomic E-state index is 9.13. The highest BCUT2D eigenvalue weighted by atomic mass is 32.2. The average molecular weight is 257 g/mol. The van der Waals surface area contributed by atoms with Gasteiger partial charge >= 0.3 is 0 Å². The Morgan fingerprint density at radius 2 is 2.22 bits per heavy atom. The maximum Gasteiger partial charge on any atom is 0.148 e. The Morgan fingerprint density at radius 3 is 2.89 bits per heavy atom. The van der Waals surface area contributed by atoms with Gasteiger partial charge in [-0.25, -0.2) is 9.97 Å². The summed E-state index contributed by atoms with van der Waals surface area (Å²) < 4.78 is 0. The summed E-state index contributed by atoms with van der Waals surface area (Å²) in [5.41, 5.74) is 1.37. The number of nitrogens with one attached hydrogen (secondary N) is 1. The molecular formula is C12H11N5S. The highest BCUT2D eigenvalue weighted by Gasteiger charge is 2.09. The van der Waals surface area contributed by atoms with Gasteiger partial charge in [-0.2, -0.15) is 5.26 Å². The largest absolute Gasteiger partial charge is 0.363 e. The third kappa shape index (κ3) is 2.76. The van der Waals surface area contributed by atoms with Crippen LogP contribution in [0.2, 0.25) is 0 Å². The fourth-order valence-electron chi connectivity index (χ4n) is 1.44. The molecule has 0 amide bonds. The molecule has 0 aliphatic carbocycles. The monoisotopic (exact) mass is 257 g/mol. The summed E-state index contributed by atoms with van der Waals surface area (Å²) in [6.45, 7) is 0.528. The predicted octanol–water partition coefficient (Wildman–Crippen LogP) is 2.08. The van der Waals surface area contributed by atoms with Crippen LogP contribution in [0.25, 0.3) is 0 Å². The van der Waals surface area contributed by atoms with E-state index in [0.717, 1.165) is 5.69 Å². The van der Waals surface area contributed by atoms with Gasteiger partial charge in [-0.05, 0) is 18.4 Å². The van der Waals surface area contributed by atoms with E-state index in [2.05, 4.69) is 26.3 Å². The zero-order chi connectivity index (χ0) is 12.8. The topological polar surface area (TPSA) is 74.5 Å². The zero-order valence-corrected chi connectivity index (χ0v) is 10.6. The molecule has 0 aliphatic rings. The number of rotatable bonds is 4. The lowest BCUT2D eigenvalue weighted by Gasteiger charge is -2.08. The van der Waals surface area contributed by atoms with Crippen molar-refractivity contribution < 1.29 is 0 Å². The van der Waals surface area contributed by atoms with Crippen LogP contribution >= 0.6 is 11.8 Å². The first-order valence-electron chi connectivity index (χ1n) is 5.28. The van der Waals surface area contributed by atoms with Crippen LogP contribution in [-0.4, -0.2) is 21.2 Å². The van der Waals surface area contributed by atoms with Crippen molar-refractivity contribution in [3.63, 3.8) is 0 Å². The minimum absolute atomic E-state index is 0.473. The van der Waals surface area contributed by atoms with Gasteiger partial charge in [0.25, 0.3) is 0 Å². The summed E-state index contributed by atoms with van der Waals surface area (Å²) in [6, 6.07) is 7.82. The van der Waals surface area contributed by atoms with Gasteiger partial charge in [0.15, 0.2) is 0 Å². The van der Waals surface area contributed by atoms with Crippen molar-refractivity contribution in [3.8, 4) is 6.07 Å². The standard InChI is InChI=1S/C12H11N5S/c1-18-12-10(6-13)11(16-8-17-12)15-7-9-4-2-3-5-14-9/h2-5,8H,7H2,1H3,(H,15,16,17). The number of thioether (sulfide) groups is 1. The van der Waals surface area contributed by atoms with Gasteiger partial charge in [-0.1, -0.05) is 6.07 Å². The first kappa shape index (κ1) is 12.3. The second-order valence-corrected chi connectivity index (χ2v) is 4.19. The van der Waals surface area contributed by atoms with Crippen molar-refractivity contribution >= 4 is 17.6 Å². The molecule has 2 aromatic rings. The van der Waals surface area contributed by atoms with Crippen LogP contribution in [0.4, 0.5) is 5.82 Å². The zero-order valence-electron chi connectivity index (χ0n) is 9.79. The number of hydrogen-bond acceptors (Lipinski definition) is 6. The molecule has 0 aromatic carbocycles. The predicted molar refractivity (Wildman–Crippen MR) is 70.1 cm³/mol. The molecule has 0 saturated carbocycles. The van der Waals surface area contributed by atoms with Crippen LogP contribution in [0.5, 0.6) is 0 Å². The van der Waals surface area contributed by atoms with E-state index in [4.69, 9.17) is 5.26 Å². The van der Waals surface area contributed by atoms with Crippen molar-refractivity contribution in [2.45, 2.75) is 11.6 Å². The van der Waals surface area contributed by atoms with Crippen LogP contribution < -0.4 is 5.32 Å². The molecule has 2 heterocycles. The highest BCUT2D eigenvalue weighted by molar-refractivity contribution is 7.98. The summed E-state index contributed by atoms with van der Waals surface area (Å²) in [7, 11) is 0. The van der Waals surface area contributed by atoms with Gasteiger partial charge in [0, 0.05) is 6.20 Å². The van der Waals surface area contributed by atoms with Gasteiger partial charge in [-0.15, -0.1) is 11.8 Å².